The minimum absolute atomic E-state index is 0.0806. The lowest BCUT2D eigenvalue weighted by Crippen LogP contribution is -2.16. The minimum Gasteiger partial charge on any atom is -0.483 e. The molecule has 2 aromatic carbocycles. The average Bonchev–Trinajstić information content (AvgIpc) is 3.18. The van der Waals surface area contributed by atoms with Crippen LogP contribution < -0.4 is 10.1 Å². The number of hydrogen-bond donors (Lipinski definition) is 1. The Morgan fingerprint density at radius 2 is 1.94 bits per heavy atom. The van der Waals surface area contributed by atoms with Crippen LogP contribution in [0.1, 0.15) is 43.8 Å². The number of ether oxygens (including phenoxy) is 1. The van der Waals surface area contributed by atoms with E-state index in [1.165, 1.54) is 17.3 Å². The second kappa shape index (κ2) is 10.8. The average molecular weight is 503 g/mol. The van der Waals surface area contributed by atoms with Crippen molar-refractivity contribution in [2.75, 3.05) is 11.1 Å². The van der Waals surface area contributed by atoms with Crippen molar-refractivity contribution in [3.8, 4) is 5.75 Å². The number of rotatable bonds is 9. The van der Waals surface area contributed by atoms with Gasteiger partial charge in [0.05, 0.1) is 5.75 Å². The number of carbonyl (C=O) groups excluding carboxylic acids is 1. The monoisotopic (exact) mass is 502 g/mol. The number of nitrogens with one attached hydrogen (secondary N) is 1. The first-order valence-corrected chi connectivity index (χ1v) is 12.1. The second-order valence-electron chi connectivity index (χ2n) is 7.14. The zero-order valence-electron chi connectivity index (χ0n) is 18.2. The van der Waals surface area contributed by atoms with Gasteiger partial charge in [0.2, 0.25) is 5.91 Å². The molecule has 0 aliphatic heterocycles. The molecule has 1 heterocycles. The summed E-state index contributed by atoms with van der Waals surface area (Å²) >= 11 is 4.81. The van der Waals surface area contributed by atoms with Gasteiger partial charge in [0, 0.05) is 16.7 Å². The molecule has 0 radical (unpaired) electrons. The van der Waals surface area contributed by atoms with Gasteiger partial charge >= 0.3 is 0 Å². The van der Waals surface area contributed by atoms with Crippen LogP contribution in [-0.2, 0) is 17.8 Å². The number of aryl methyl sites for hydroxylation is 2. The predicted octanol–water partition coefficient (Wildman–Crippen LogP) is 5.80. The SMILES string of the molecule is CCc1ccc(O[C@H](C)c2nnc(SCC(=O)Nc3ccc(Br)cc3C)n2CC)cc1. The molecule has 3 aromatic rings. The largest absolute Gasteiger partial charge is 0.483 e. The van der Waals surface area contributed by atoms with Crippen LogP contribution in [-0.4, -0.2) is 26.4 Å². The fourth-order valence-electron chi connectivity index (χ4n) is 3.15. The fraction of sp³-hybridized carbons (Fsp3) is 0.348. The highest BCUT2D eigenvalue weighted by atomic mass is 79.9. The number of amides is 1. The number of carbonyl (C=O) groups is 1. The Balaban J connectivity index is 1.62. The molecule has 1 aromatic heterocycles. The summed E-state index contributed by atoms with van der Waals surface area (Å²) in [5.74, 6) is 1.71. The number of aromatic nitrogens is 3. The van der Waals surface area contributed by atoms with Gasteiger partial charge in [-0.2, -0.15) is 0 Å². The van der Waals surface area contributed by atoms with Crippen molar-refractivity contribution in [1.29, 1.82) is 0 Å². The molecule has 1 amide bonds. The first-order chi connectivity index (χ1) is 14.9. The molecular weight excluding hydrogens is 476 g/mol. The van der Waals surface area contributed by atoms with Crippen molar-refractivity contribution < 1.29 is 9.53 Å². The molecule has 0 bridgehead atoms. The Bertz CT molecular complexity index is 1040. The lowest BCUT2D eigenvalue weighted by atomic mass is 10.2. The summed E-state index contributed by atoms with van der Waals surface area (Å²) in [5, 5.41) is 12.3. The lowest BCUT2D eigenvalue weighted by molar-refractivity contribution is -0.113. The van der Waals surface area contributed by atoms with Gasteiger partial charge in [-0.25, -0.2) is 0 Å². The van der Waals surface area contributed by atoms with Crippen LogP contribution in [0.4, 0.5) is 5.69 Å². The summed E-state index contributed by atoms with van der Waals surface area (Å²) in [6.45, 7) is 8.78. The van der Waals surface area contributed by atoms with Crippen LogP contribution in [0.2, 0.25) is 0 Å². The molecule has 0 unspecified atom stereocenters. The van der Waals surface area contributed by atoms with E-state index in [1.54, 1.807) is 0 Å². The van der Waals surface area contributed by atoms with Gasteiger partial charge in [0.1, 0.15) is 5.75 Å². The second-order valence-corrected chi connectivity index (χ2v) is 9.00. The molecule has 1 N–H and O–H groups in total. The van der Waals surface area contributed by atoms with E-state index in [4.69, 9.17) is 4.74 Å². The first-order valence-electron chi connectivity index (χ1n) is 10.3. The molecule has 0 aliphatic carbocycles. The van der Waals surface area contributed by atoms with Crippen LogP contribution in [0.5, 0.6) is 5.75 Å². The number of halogens is 1. The van der Waals surface area contributed by atoms with Gasteiger partial charge in [0.25, 0.3) is 0 Å². The summed E-state index contributed by atoms with van der Waals surface area (Å²) in [5.41, 5.74) is 3.08. The maximum Gasteiger partial charge on any atom is 0.234 e. The topological polar surface area (TPSA) is 69.0 Å². The molecule has 164 valence electrons. The van der Waals surface area contributed by atoms with Gasteiger partial charge in [-0.3, -0.25) is 4.79 Å². The van der Waals surface area contributed by atoms with Crippen molar-refractivity contribution in [1.82, 2.24) is 14.8 Å². The highest BCUT2D eigenvalue weighted by Crippen LogP contribution is 2.25. The Labute approximate surface area is 195 Å². The van der Waals surface area contributed by atoms with Crippen LogP contribution in [0.25, 0.3) is 0 Å². The fourth-order valence-corrected chi connectivity index (χ4v) is 4.43. The predicted molar refractivity (Wildman–Crippen MR) is 129 cm³/mol. The zero-order chi connectivity index (χ0) is 22.4. The van der Waals surface area contributed by atoms with Gasteiger partial charge in [-0.15, -0.1) is 10.2 Å². The number of anilines is 1. The van der Waals surface area contributed by atoms with E-state index in [0.29, 0.717) is 11.7 Å². The van der Waals surface area contributed by atoms with Crippen LogP contribution in [0.15, 0.2) is 52.1 Å². The highest BCUT2D eigenvalue weighted by molar-refractivity contribution is 9.10. The maximum atomic E-state index is 12.4. The molecule has 0 spiro atoms. The Morgan fingerprint density at radius 1 is 1.19 bits per heavy atom. The van der Waals surface area contributed by atoms with Crippen molar-refractivity contribution in [3.63, 3.8) is 0 Å². The summed E-state index contributed by atoms with van der Waals surface area (Å²) in [6.07, 6.45) is 0.740. The van der Waals surface area contributed by atoms with E-state index < -0.39 is 0 Å². The van der Waals surface area contributed by atoms with Crippen molar-refractivity contribution >= 4 is 39.3 Å². The molecule has 1 atom stereocenters. The molecule has 3 rings (SSSR count). The van der Waals surface area contributed by atoms with Gasteiger partial charge in [0.15, 0.2) is 17.1 Å². The molecule has 0 saturated heterocycles. The number of benzene rings is 2. The third kappa shape index (κ3) is 6.11. The van der Waals surface area contributed by atoms with E-state index in [9.17, 15) is 4.79 Å². The summed E-state index contributed by atoms with van der Waals surface area (Å²) in [6, 6.07) is 13.9. The smallest absolute Gasteiger partial charge is 0.234 e. The number of nitrogens with zero attached hydrogens (tertiary/aromatic N) is 3. The van der Waals surface area contributed by atoms with E-state index >= 15 is 0 Å². The van der Waals surface area contributed by atoms with Gasteiger partial charge in [-0.1, -0.05) is 46.7 Å². The Kier molecular flexibility index (Phi) is 8.15. The van der Waals surface area contributed by atoms with E-state index in [2.05, 4.69) is 50.5 Å². The molecule has 8 heteroatoms. The molecule has 31 heavy (non-hydrogen) atoms. The molecule has 0 fully saturated rings. The summed E-state index contributed by atoms with van der Waals surface area (Å²) in [7, 11) is 0. The zero-order valence-corrected chi connectivity index (χ0v) is 20.6. The quantitative estimate of drug-likeness (QED) is 0.374. The van der Waals surface area contributed by atoms with Gasteiger partial charge in [-0.05, 0) is 68.7 Å². The first kappa shape index (κ1) is 23.3. The molecule has 0 aliphatic rings. The van der Waals surface area contributed by atoms with Crippen LogP contribution in [0.3, 0.4) is 0 Å². The van der Waals surface area contributed by atoms with E-state index in [1.807, 2.05) is 55.7 Å². The van der Waals surface area contributed by atoms with E-state index in [-0.39, 0.29) is 17.8 Å². The third-order valence-corrected chi connectivity index (χ3v) is 6.32. The van der Waals surface area contributed by atoms with Gasteiger partial charge < -0.3 is 14.6 Å². The summed E-state index contributed by atoms with van der Waals surface area (Å²) in [4.78, 5) is 12.4. The molecule has 0 saturated carbocycles. The van der Waals surface area contributed by atoms with Crippen molar-refractivity contribution in [2.45, 2.75) is 51.9 Å². The molecule has 6 nitrogen and oxygen atoms in total. The van der Waals surface area contributed by atoms with Crippen LogP contribution in [0, 0.1) is 6.92 Å². The highest BCUT2D eigenvalue weighted by Gasteiger charge is 2.19. The Morgan fingerprint density at radius 3 is 2.58 bits per heavy atom. The number of hydrogen-bond acceptors (Lipinski definition) is 5. The Hall–Kier alpha value is -2.32. The summed E-state index contributed by atoms with van der Waals surface area (Å²) < 4.78 is 9.05. The standard InChI is InChI=1S/C23H27BrN4O2S/c1-5-17-7-10-19(11-8-17)30-16(4)22-26-27-23(28(22)6-2)31-14-21(29)25-20-12-9-18(24)13-15(20)3/h7-13,16H,5-6,14H2,1-4H3,(H,25,29)/t16-/m1/s1. The molecular formula is C23H27BrN4O2S. The normalized spacial score (nSPS) is 11.9. The minimum atomic E-state index is -0.256. The maximum absolute atomic E-state index is 12.4. The van der Waals surface area contributed by atoms with Crippen molar-refractivity contribution in [3.05, 3.63) is 63.9 Å². The van der Waals surface area contributed by atoms with Crippen molar-refractivity contribution in [2.24, 2.45) is 0 Å². The lowest BCUT2D eigenvalue weighted by Gasteiger charge is -2.16. The third-order valence-electron chi connectivity index (χ3n) is 4.86. The van der Waals surface area contributed by atoms with Crippen LogP contribution >= 0.6 is 27.7 Å². The van der Waals surface area contributed by atoms with E-state index in [0.717, 1.165) is 33.7 Å². The number of thioether (sulfide) groups is 1.